The van der Waals surface area contributed by atoms with Gasteiger partial charge < -0.3 is 14.7 Å². The number of aliphatic hydroxyl groups is 1. The van der Waals surface area contributed by atoms with Crippen LogP contribution in [0, 0.1) is 0 Å². The minimum absolute atomic E-state index is 0.0148. The molecule has 0 radical (unpaired) electrons. The van der Waals surface area contributed by atoms with Crippen LogP contribution in [0.4, 0.5) is 11.4 Å². The van der Waals surface area contributed by atoms with E-state index in [1.54, 1.807) is 42.6 Å². The lowest BCUT2D eigenvalue weighted by molar-refractivity contribution is -0.132. The van der Waals surface area contributed by atoms with Crippen LogP contribution in [0.15, 0.2) is 72.4 Å². The molecular weight excluding hydrogens is 442 g/mol. The molecule has 2 aliphatic rings. The van der Waals surface area contributed by atoms with Gasteiger partial charge in [-0.1, -0.05) is 32.0 Å². The molecule has 3 aromatic rings. The number of anilines is 2. The third-order valence-electron chi connectivity index (χ3n) is 6.58. The first-order valence-electron chi connectivity index (χ1n) is 11.7. The number of hydrogen-bond acceptors (Lipinski definition) is 6. The van der Waals surface area contributed by atoms with Crippen LogP contribution < -0.4 is 14.5 Å². The van der Waals surface area contributed by atoms with Gasteiger partial charge in [-0.2, -0.15) is 0 Å². The van der Waals surface area contributed by atoms with Gasteiger partial charge in [-0.3, -0.25) is 19.5 Å². The Morgan fingerprint density at radius 3 is 2.54 bits per heavy atom. The lowest BCUT2D eigenvalue weighted by Crippen LogP contribution is -2.29. The topological polar surface area (TPSA) is 83.0 Å². The normalized spacial score (nSPS) is 19.1. The second-order valence-electron chi connectivity index (χ2n) is 9.12. The van der Waals surface area contributed by atoms with Crippen LogP contribution in [0.3, 0.4) is 0 Å². The van der Waals surface area contributed by atoms with Crippen molar-refractivity contribution >= 4 is 28.8 Å². The van der Waals surface area contributed by atoms with Crippen LogP contribution in [0.2, 0.25) is 0 Å². The number of likely N-dealkylation sites (N-methyl/N-ethyl adjacent to an activating group) is 1. The Bertz CT molecular complexity index is 1320. The summed E-state index contributed by atoms with van der Waals surface area (Å²) in [4.78, 5) is 34.6. The number of rotatable bonds is 4. The number of aliphatic hydroxyl groups excluding tert-OH is 1. The summed E-state index contributed by atoms with van der Waals surface area (Å²) < 4.78 is 5.71. The van der Waals surface area contributed by atoms with E-state index >= 15 is 0 Å². The molecule has 1 fully saturated rings. The molecule has 35 heavy (non-hydrogen) atoms. The molecule has 1 aromatic heterocycles. The number of pyridine rings is 1. The number of benzene rings is 2. The number of fused-ring (bicyclic) bond motifs is 1. The smallest absolute Gasteiger partial charge is 0.300 e. The Balaban J connectivity index is 1.66. The predicted molar refractivity (Wildman–Crippen MR) is 135 cm³/mol. The number of amides is 1. The van der Waals surface area contributed by atoms with Crippen molar-refractivity contribution in [2.45, 2.75) is 25.8 Å². The Morgan fingerprint density at radius 2 is 1.86 bits per heavy atom. The van der Waals surface area contributed by atoms with Crippen LogP contribution in [0.1, 0.15) is 42.6 Å². The molecule has 0 aliphatic carbocycles. The van der Waals surface area contributed by atoms with Gasteiger partial charge in [0.15, 0.2) is 0 Å². The highest BCUT2D eigenvalue weighted by molar-refractivity contribution is 6.51. The third kappa shape index (κ3) is 3.93. The molecule has 1 saturated heterocycles. The summed E-state index contributed by atoms with van der Waals surface area (Å²) in [5, 5.41) is 11.4. The van der Waals surface area contributed by atoms with E-state index in [2.05, 4.69) is 18.8 Å². The van der Waals surface area contributed by atoms with Crippen molar-refractivity contribution in [1.82, 2.24) is 4.98 Å². The molecule has 5 rings (SSSR count). The number of aromatic nitrogens is 1. The van der Waals surface area contributed by atoms with Crippen molar-refractivity contribution in [3.63, 3.8) is 0 Å². The molecule has 1 N–H and O–H groups in total. The molecule has 0 spiro atoms. The zero-order chi connectivity index (χ0) is 24.7. The average molecular weight is 470 g/mol. The van der Waals surface area contributed by atoms with E-state index < -0.39 is 17.7 Å². The van der Waals surface area contributed by atoms with Crippen molar-refractivity contribution in [3.8, 4) is 5.75 Å². The van der Waals surface area contributed by atoms with E-state index in [9.17, 15) is 14.7 Å². The second-order valence-corrected chi connectivity index (χ2v) is 9.12. The molecule has 0 saturated carbocycles. The van der Waals surface area contributed by atoms with Gasteiger partial charge in [-0.05, 0) is 53.9 Å². The fraction of sp³-hybridized carbons (Fsp3) is 0.250. The highest BCUT2D eigenvalue weighted by Gasteiger charge is 2.47. The molecule has 1 unspecified atom stereocenters. The van der Waals surface area contributed by atoms with E-state index in [-0.39, 0.29) is 11.3 Å². The lowest BCUT2D eigenvalue weighted by atomic mass is 9.97. The molecule has 7 heteroatoms. The zero-order valence-electron chi connectivity index (χ0n) is 19.9. The van der Waals surface area contributed by atoms with Gasteiger partial charge in [0.05, 0.1) is 23.5 Å². The fourth-order valence-electron chi connectivity index (χ4n) is 4.59. The van der Waals surface area contributed by atoms with E-state index in [0.29, 0.717) is 41.8 Å². The van der Waals surface area contributed by atoms with Crippen molar-refractivity contribution in [1.29, 1.82) is 0 Å². The second kappa shape index (κ2) is 8.91. The molecule has 2 aliphatic heterocycles. The first kappa shape index (κ1) is 22.7. The maximum absolute atomic E-state index is 13.3. The number of ketones is 1. The quantitative estimate of drug-likeness (QED) is 0.340. The molecule has 178 valence electrons. The highest BCUT2D eigenvalue weighted by atomic mass is 16.5. The average Bonchev–Trinajstić information content (AvgIpc) is 3.14. The van der Waals surface area contributed by atoms with E-state index in [0.717, 1.165) is 11.3 Å². The molecule has 1 amide bonds. The summed E-state index contributed by atoms with van der Waals surface area (Å²) in [6.07, 6.45) is 1.61. The Labute approximate surface area is 204 Å². The lowest BCUT2D eigenvalue weighted by Gasteiger charge is -2.28. The first-order valence-corrected chi connectivity index (χ1v) is 11.7. The molecule has 3 heterocycles. The van der Waals surface area contributed by atoms with E-state index in [1.165, 1.54) is 4.90 Å². The molecule has 2 aromatic carbocycles. The van der Waals surface area contributed by atoms with Gasteiger partial charge in [-0.15, -0.1) is 0 Å². The van der Waals surface area contributed by atoms with E-state index in [1.807, 2.05) is 36.2 Å². The van der Waals surface area contributed by atoms with Gasteiger partial charge in [0, 0.05) is 24.5 Å². The van der Waals surface area contributed by atoms with Gasteiger partial charge in [-0.25, -0.2) is 0 Å². The minimum atomic E-state index is -0.855. The van der Waals surface area contributed by atoms with E-state index in [4.69, 9.17) is 4.74 Å². The molecule has 7 nitrogen and oxygen atoms in total. The van der Waals surface area contributed by atoms with Gasteiger partial charge in [0.25, 0.3) is 11.7 Å². The number of carbonyl (C=O) groups excluding carboxylic acids is 2. The number of nitrogens with zero attached hydrogens (tertiary/aromatic N) is 3. The number of carbonyl (C=O) groups is 2. The Morgan fingerprint density at radius 1 is 1.09 bits per heavy atom. The number of ether oxygens (including phenoxy) is 1. The predicted octanol–water partition coefficient (Wildman–Crippen LogP) is 4.66. The standard InChI is InChI=1S/C28H27N3O4/c1-17(2)18-7-10-20(11-8-18)31-25(21-6-4-5-13-29-21)24(27(33)28(31)34)26(32)19-9-12-23-22(16-19)30(3)14-15-35-23/h4-13,16-17,25,32H,14-15H2,1-3H3/b26-24-. The Hall–Kier alpha value is -4.13. The molecule has 1 atom stereocenters. The summed E-state index contributed by atoms with van der Waals surface area (Å²) in [7, 11) is 1.94. The van der Waals surface area contributed by atoms with Crippen LogP contribution in [-0.2, 0) is 9.59 Å². The minimum Gasteiger partial charge on any atom is -0.507 e. The number of Topliss-reactive ketones (excluding diaryl/α,β-unsaturated/α-hetero) is 1. The SMILES string of the molecule is CC(C)c1ccc(N2C(=O)C(=O)/C(=C(\O)c3ccc4c(c3)N(C)CCO4)C2c2ccccn2)cc1. The van der Waals surface area contributed by atoms with Gasteiger partial charge >= 0.3 is 0 Å². The largest absolute Gasteiger partial charge is 0.507 e. The first-order chi connectivity index (χ1) is 16.9. The fourth-order valence-corrected chi connectivity index (χ4v) is 4.59. The highest BCUT2D eigenvalue weighted by Crippen LogP contribution is 2.42. The summed E-state index contributed by atoms with van der Waals surface area (Å²) in [6.45, 7) is 5.48. The summed E-state index contributed by atoms with van der Waals surface area (Å²) in [5.74, 6) is -0.632. The van der Waals surface area contributed by atoms with Crippen LogP contribution in [-0.4, -0.2) is 42.0 Å². The maximum Gasteiger partial charge on any atom is 0.300 e. The van der Waals surface area contributed by atoms with Crippen molar-refractivity contribution < 1.29 is 19.4 Å². The summed E-state index contributed by atoms with van der Waals surface area (Å²) in [5.41, 5.74) is 3.47. The van der Waals surface area contributed by atoms with Crippen molar-refractivity contribution in [2.75, 3.05) is 30.0 Å². The third-order valence-corrected chi connectivity index (χ3v) is 6.58. The molecule has 0 bridgehead atoms. The van der Waals surface area contributed by atoms with Gasteiger partial charge in [0.2, 0.25) is 0 Å². The monoisotopic (exact) mass is 469 g/mol. The van der Waals surface area contributed by atoms with Crippen LogP contribution >= 0.6 is 0 Å². The number of hydrogen-bond donors (Lipinski definition) is 1. The molecular formula is C28H27N3O4. The zero-order valence-corrected chi connectivity index (χ0v) is 19.9. The Kier molecular flexibility index (Phi) is 5.76. The summed E-state index contributed by atoms with van der Waals surface area (Å²) in [6, 6.07) is 17.3. The van der Waals surface area contributed by atoms with Crippen LogP contribution in [0.5, 0.6) is 5.75 Å². The van der Waals surface area contributed by atoms with Crippen molar-refractivity contribution in [3.05, 3.63) is 89.3 Å². The van der Waals surface area contributed by atoms with Crippen molar-refractivity contribution in [2.24, 2.45) is 0 Å². The van der Waals surface area contributed by atoms with Gasteiger partial charge in [0.1, 0.15) is 24.2 Å². The summed E-state index contributed by atoms with van der Waals surface area (Å²) >= 11 is 0. The van der Waals surface area contributed by atoms with Crippen LogP contribution in [0.25, 0.3) is 5.76 Å². The maximum atomic E-state index is 13.3.